The Morgan fingerprint density at radius 3 is 2.37 bits per heavy atom. The first-order valence-electron chi connectivity index (χ1n) is 8.33. The molecule has 0 aliphatic heterocycles. The zero-order valence-corrected chi connectivity index (χ0v) is 16.8. The summed E-state index contributed by atoms with van der Waals surface area (Å²) in [6.07, 6.45) is 0. The van der Waals surface area contributed by atoms with E-state index in [1.54, 1.807) is 30.3 Å². The van der Waals surface area contributed by atoms with E-state index >= 15 is 0 Å². The van der Waals surface area contributed by atoms with Gasteiger partial charge >= 0.3 is 0 Å². The van der Waals surface area contributed by atoms with Gasteiger partial charge in [-0.1, -0.05) is 37.6 Å². The SMILES string of the molecule is COc1ccc(Cl)cc1C(=O)N[C@@H]1[C@@H](c2ccc(S(N)(=O)=O)cc2)C1(C)C. The highest BCUT2D eigenvalue weighted by Gasteiger charge is 2.59. The smallest absolute Gasteiger partial charge is 0.255 e. The Hall–Kier alpha value is -2.09. The zero-order valence-electron chi connectivity index (χ0n) is 15.2. The molecule has 27 heavy (non-hydrogen) atoms. The molecule has 1 aliphatic rings. The minimum absolute atomic E-state index is 0.0566. The quantitative estimate of drug-likeness (QED) is 0.794. The maximum Gasteiger partial charge on any atom is 0.255 e. The number of carbonyl (C=O) groups excluding carboxylic acids is 1. The first kappa shape index (κ1) is 19.7. The van der Waals surface area contributed by atoms with Crippen LogP contribution in [-0.2, 0) is 10.0 Å². The fourth-order valence-electron chi connectivity index (χ4n) is 3.47. The second-order valence-electron chi connectivity index (χ2n) is 7.21. The number of halogens is 1. The number of nitrogens with one attached hydrogen (secondary N) is 1. The molecule has 0 aromatic heterocycles. The fraction of sp³-hybridized carbons (Fsp3) is 0.316. The summed E-state index contributed by atoms with van der Waals surface area (Å²) in [5, 5.41) is 8.63. The number of primary sulfonamides is 1. The maximum atomic E-state index is 12.7. The summed E-state index contributed by atoms with van der Waals surface area (Å²) in [4.78, 5) is 12.8. The maximum absolute atomic E-state index is 12.7. The number of benzene rings is 2. The van der Waals surface area contributed by atoms with Crippen LogP contribution in [0, 0.1) is 5.41 Å². The van der Waals surface area contributed by atoms with Crippen LogP contribution >= 0.6 is 11.6 Å². The van der Waals surface area contributed by atoms with Gasteiger partial charge in [0.1, 0.15) is 5.75 Å². The lowest BCUT2D eigenvalue weighted by atomic mass is 10.0. The number of hydrogen-bond donors (Lipinski definition) is 2. The van der Waals surface area contributed by atoms with Crippen molar-refractivity contribution >= 4 is 27.5 Å². The van der Waals surface area contributed by atoms with Crippen LogP contribution in [0.1, 0.15) is 35.7 Å². The molecule has 0 unspecified atom stereocenters. The summed E-state index contributed by atoms with van der Waals surface area (Å²) in [6.45, 7) is 4.09. The summed E-state index contributed by atoms with van der Waals surface area (Å²) in [7, 11) is -2.23. The van der Waals surface area contributed by atoms with Gasteiger partial charge in [0.25, 0.3) is 5.91 Å². The van der Waals surface area contributed by atoms with Crippen molar-refractivity contribution in [2.24, 2.45) is 10.6 Å². The van der Waals surface area contributed by atoms with Gasteiger partial charge in [-0.05, 0) is 41.3 Å². The molecule has 3 N–H and O–H groups in total. The molecule has 1 fully saturated rings. The Morgan fingerprint density at radius 2 is 1.81 bits per heavy atom. The number of carbonyl (C=O) groups is 1. The van der Waals surface area contributed by atoms with Crippen LogP contribution in [-0.4, -0.2) is 27.5 Å². The summed E-state index contributed by atoms with van der Waals surface area (Å²) < 4.78 is 28.1. The van der Waals surface area contributed by atoms with Crippen molar-refractivity contribution in [1.82, 2.24) is 5.32 Å². The van der Waals surface area contributed by atoms with Crippen LogP contribution in [0.5, 0.6) is 5.75 Å². The Labute approximate surface area is 163 Å². The second kappa shape index (κ2) is 6.82. The predicted octanol–water partition coefficient (Wildman–Crippen LogP) is 2.92. The molecule has 2 aromatic carbocycles. The third kappa shape index (κ3) is 3.81. The van der Waals surface area contributed by atoms with Crippen LogP contribution in [0.2, 0.25) is 5.02 Å². The minimum Gasteiger partial charge on any atom is -0.496 e. The van der Waals surface area contributed by atoms with E-state index in [4.69, 9.17) is 21.5 Å². The molecule has 3 rings (SSSR count). The van der Waals surface area contributed by atoms with E-state index in [2.05, 4.69) is 5.32 Å². The summed E-state index contributed by atoms with van der Waals surface area (Å²) in [6, 6.07) is 11.2. The lowest BCUT2D eigenvalue weighted by Crippen LogP contribution is -2.29. The Bertz CT molecular complexity index is 987. The Morgan fingerprint density at radius 1 is 1.19 bits per heavy atom. The minimum atomic E-state index is -3.73. The van der Waals surface area contributed by atoms with Crippen molar-refractivity contribution < 1.29 is 17.9 Å². The molecule has 2 aromatic rings. The highest BCUT2D eigenvalue weighted by molar-refractivity contribution is 7.89. The number of ether oxygens (including phenoxy) is 1. The van der Waals surface area contributed by atoms with Gasteiger partial charge in [0.15, 0.2) is 0 Å². The first-order valence-corrected chi connectivity index (χ1v) is 10.3. The van der Waals surface area contributed by atoms with Crippen molar-refractivity contribution in [1.29, 1.82) is 0 Å². The van der Waals surface area contributed by atoms with E-state index in [0.717, 1.165) is 5.56 Å². The predicted molar refractivity (Wildman–Crippen MR) is 104 cm³/mol. The standard InChI is InChI=1S/C19H21ClN2O4S/c1-19(2)16(11-4-7-13(8-5-11)27(21,24)25)17(19)22-18(23)14-10-12(20)6-9-15(14)26-3/h4-10,16-17H,1-3H3,(H,22,23)(H2,21,24,25)/t16-,17-/m1/s1. The molecule has 0 saturated heterocycles. The van der Waals surface area contributed by atoms with E-state index in [0.29, 0.717) is 16.3 Å². The molecule has 1 amide bonds. The number of methoxy groups -OCH3 is 1. The number of hydrogen-bond acceptors (Lipinski definition) is 4. The van der Waals surface area contributed by atoms with Crippen molar-refractivity contribution in [2.75, 3.05) is 7.11 Å². The Balaban J connectivity index is 1.80. The van der Waals surface area contributed by atoms with Gasteiger partial charge in [0, 0.05) is 17.0 Å². The van der Waals surface area contributed by atoms with E-state index < -0.39 is 10.0 Å². The normalized spacial score (nSPS) is 20.8. The van der Waals surface area contributed by atoms with E-state index in [-0.39, 0.29) is 28.2 Å². The van der Waals surface area contributed by atoms with E-state index in [9.17, 15) is 13.2 Å². The molecule has 1 aliphatic carbocycles. The van der Waals surface area contributed by atoms with Gasteiger partial charge < -0.3 is 10.1 Å². The van der Waals surface area contributed by atoms with Crippen LogP contribution in [0.4, 0.5) is 0 Å². The lowest BCUT2D eigenvalue weighted by molar-refractivity contribution is 0.0943. The lowest BCUT2D eigenvalue weighted by Gasteiger charge is -2.10. The monoisotopic (exact) mass is 408 g/mol. The van der Waals surface area contributed by atoms with Gasteiger partial charge in [-0.25, -0.2) is 13.6 Å². The number of nitrogens with two attached hydrogens (primary N) is 1. The molecule has 1 saturated carbocycles. The van der Waals surface area contributed by atoms with Crippen LogP contribution in [0.25, 0.3) is 0 Å². The van der Waals surface area contributed by atoms with Crippen molar-refractivity contribution in [3.05, 3.63) is 58.6 Å². The first-order chi connectivity index (χ1) is 12.6. The van der Waals surface area contributed by atoms with Crippen molar-refractivity contribution in [3.8, 4) is 5.75 Å². The number of amides is 1. The Kier molecular flexibility index (Phi) is 4.96. The number of sulfonamides is 1. The van der Waals surface area contributed by atoms with Crippen LogP contribution in [0.3, 0.4) is 0 Å². The molecule has 0 spiro atoms. The average Bonchev–Trinajstić information content (AvgIpc) is 3.14. The van der Waals surface area contributed by atoms with Gasteiger partial charge in [-0.15, -0.1) is 0 Å². The molecule has 0 bridgehead atoms. The molecule has 144 valence electrons. The van der Waals surface area contributed by atoms with Crippen LogP contribution < -0.4 is 15.2 Å². The van der Waals surface area contributed by atoms with Crippen molar-refractivity contribution in [2.45, 2.75) is 30.7 Å². The van der Waals surface area contributed by atoms with Crippen molar-refractivity contribution in [3.63, 3.8) is 0 Å². The third-order valence-corrected chi connectivity index (χ3v) is 6.25. The summed E-state index contributed by atoms with van der Waals surface area (Å²) in [5.41, 5.74) is 1.14. The van der Waals surface area contributed by atoms with Gasteiger partial charge in [0.2, 0.25) is 10.0 Å². The highest BCUT2D eigenvalue weighted by Crippen LogP contribution is 2.58. The summed E-state index contributed by atoms with van der Waals surface area (Å²) >= 11 is 6.01. The zero-order chi connectivity index (χ0) is 20.0. The van der Waals surface area contributed by atoms with Gasteiger partial charge in [0.05, 0.1) is 17.6 Å². The molecular weight excluding hydrogens is 388 g/mol. The van der Waals surface area contributed by atoms with E-state index in [1.165, 1.54) is 19.2 Å². The van der Waals surface area contributed by atoms with E-state index in [1.807, 2.05) is 13.8 Å². The molecule has 8 heteroatoms. The molecular formula is C19H21ClN2O4S. The molecule has 6 nitrogen and oxygen atoms in total. The average molecular weight is 409 g/mol. The third-order valence-electron chi connectivity index (χ3n) is 5.09. The highest BCUT2D eigenvalue weighted by atomic mass is 35.5. The molecule has 0 radical (unpaired) electrons. The van der Waals surface area contributed by atoms with Crippen LogP contribution in [0.15, 0.2) is 47.4 Å². The van der Waals surface area contributed by atoms with Gasteiger partial charge in [-0.3, -0.25) is 4.79 Å². The molecule has 2 atom stereocenters. The number of rotatable bonds is 5. The summed E-state index contributed by atoms with van der Waals surface area (Å²) in [5.74, 6) is 0.238. The largest absolute Gasteiger partial charge is 0.496 e. The van der Waals surface area contributed by atoms with Gasteiger partial charge in [-0.2, -0.15) is 0 Å². The second-order valence-corrected chi connectivity index (χ2v) is 9.21. The fourth-order valence-corrected chi connectivity index (χ4v) is 4.16. The topological polar surface area (TPSA) is 98.5 Å². The molecule has 0 heterocycles.